The zero-order valence-electron chi connectivity index (χ0n) is 40.8. The minimum absolute atomic E-state index is 0.0543. The number of nitrogens with one attached hydrogen (secondary N) is 4. The summed E-state index contributed by atoms with van der Waals surface area (Å²) in [5.74, 6) is 2.37. The summed E-state index contributed by atoms with van der Waals surface area (Å²) < 4.78 is 80.1. The average Bonchev–Trinajstić information content (AvgIpc) is 4.08. The Balaban J connectivity index is 0.000000178. The third kappa shape index (κ3) is 9.94. The van der Waals surface area contributed by atoms with Gasteiger partial charge in [0.2, 0.25) is 23.7 Å². The number of carbonyl (C=O) groups excluding carboxylic acids is 2. The number of aryl methyl sites for hydroxylation is 4. The molecule has 4 N–H and O–H groups in total. The number of halogens is 6. The second kappa shape index (κ2) is 19.0. The number of alkyl halides is 6. The third-order valence-electron chi connectivity index (χ3n) is 13.3. The zero-order valence-corrected chi connectivity index (χ0v) is 40.8. The highest BCUT2D eigenvalue weighted by atomic mass is 19.4. The molecule has 0 aromatic carbocycles. The minimum atomic E-state index is -4.46. The van der Waals surface area contributed by atoms with Crippen molar-refractivity contribution in [3.63, 3.8) is 0 Å². The Morgan fingerprint density at radius 2 is 1.01 bits per heavy atom. The fourth-order valence-electron chi connectivity index (χ4n) is 9.87. The first-order valence-electron chi connectivity index (χ1n) is 23.6. The smallest absolute Gasteiger partial charge is 0.347 e. The summed E-state index contributed by atoms with van der Waals surface area (Å²) in [5.41, 5.74) is 5.92. The van der Waals surface area contributed by atoms with Crippen LogP contribution in [-0.4, -0.2) is 87.5 Å². The summed E-state index contributed by atoms with van der Waals surface area (Å²) >= 11 is 0. The van der Waals surface area contributed by atoms with Gasteiger partial charge in [-0.25, -0.2) is 9.97 Å². The first kappa shape index (κ1) is 49.6. The number of anilines is 6. The number of likely N-dealkylation sites (N-methyl/N-ethyl adjacent to an activating group) is 2. The maximum atomic E-state index is 12.8. The van der Waals surface area contributed by atoms with E-state index in [0.717, 1.165) is 60.3 Å². The van der Waals surface area contributed by atoms with Crippen LogP contribution in [0.5, 0.6) is 0 Å². The van der Waals surface area contributed by atoms with Crippen LogP contribution in [0.3, 0.4) is 0 Å². The van der Waals surface area contributed by atoms with Crippen LogP contribution < -0.4 is 31.1 Å². The second-order valence-electron chi connectivity index (χ2n) is 19.3. The number of nitrogens with zero attached hydrogens (tertiary/aromatic N) is 12. The van der Waals surface area contributed by atoms with E-state index in [9.17, 15) is 35.9 Å². The molecule has 0 radical (unpaired) electrons. The number of pyridine rings is 2. The van der Waals surface area contributed by atoms with Gasteiger partial charge in [-0.2, -0.15) is 46.5 Å². The van der Waals surface area contributed by atoms with Gasteiger partial charge in [-0.1, -0.05) is 39.8 Å². The van der Waals surface area contributed by atoms with E-state index in [1.165, 1.54) is 24.5 Å². The van der Waals surface area contributed by atoms with Gasteiger partial charge in [0, 0.05) is 50.0 Å². The first-order chi connectivity index (χ1) is 34.0. The van der Waals surface area contributed by atoms with E-state index in [-0.39, 0.29) is 47.8 Å². The summed E-state index contributed by atoms with van der Waals surface area (Å²) in [6, 6.07) is 4.05. The molecule has 10 rings (SSSR count). The van der Waals surface area contributed by atoms with E-state index < -0.39 is 23.7 Å². The molecule has 2 aliphatic heterocycles. The molecule has 18 nitrogen and oxygen atoms in total. The van der Waals surface area contributed by atoms with E-state index in [4.69, 9.17) is 9.97 Å². The van der Waals surface area contributed by atoms with Gasteiger partial charge in [0.15, 0.2) is 11.6 Å². The summed E-state index contributed by atoms with van der Waals surface area (Å²) in [7, 11) is 3.73. The van der Waals surface area contributed by atoms with E-state index in [2.05, 4.69) is 51.4 Å². The highest BCUT2D eigenvalue weighted by Gasteiger charge is 2.38. The fraction of sp³-hybridized carbons (Fsp3) is 0.458. The van der Waals surface area contributed by atoms with Crippen LogP contribution in [0.25, 0.3) is 0 Å². The van der Waals surface area contributed by atoms with Gasteiger partial charge in [-0.15, -0.1) is 0 Å². The van der Waals surface area contributed by atoms with Crippen LogP contribution in [0.4, 0.5) is 61.2 Å². The van der Waals surface area contributed by atoms with Crippen molar-refractivity contribution in [2.45, 2.75) is 117 Å². The average molecular weight is 1000 g/mol. The van der Waals surface area contributed by atoms with Gasteiger partial charge in [0.25, 0.3) is 0 Å². The second-order valence-corrected chi connectivity index (χ2v) is 19.3. The highest BCUT2D eigenvalue weighted by Crippen LogP contribution is 2.39. The lowest BCUT2D eigenvalue weighted by Gasteiger charge is -2.37. The number of hydrogen-bond acceptors (Lipinski definition) is 14. The van der Waals surface area contributed by atoms with Gasteiger partial charge >= 0.3 is 12.4 Å². The molecule has 0 fully saturated rings. The normalized spacial score (nSPS) is 19.3. The molecule has 380 valence electrons. The van der Waals surface area contributed by atoms with Crippen LogP contribution in [0.1, 0.15) is 109 Å². The maximum absolute atomic E-state index is 12.8. The van der Waals surface area contributed by atoms with E-state index in [0.29, 0.717) is 70.5 Å². The van der Waals surface area contributed by atoms with Crippen LogP contribution in [-0.2, 0) is 47.9 Å². The predicted molar refractivity (Wildman–Crippen MR) is 255 cm³/mol. The summed E-state index contributed by atoms with van der Waals surface area (Å²) in [6.07, 6.45) is 0.524. The Bertz CT molecular complexity index is 2810. The van der Waals surface area contributed by atoms with Crippen molar-refractivity contribution < 1.29 is 35.9 Å². The van der Waals surface area contributed by atoms with Crippen molar-refractivity contribution in [3.05, 3.63) is 105 Å². The van der Waals surface area contributed by atoms with Gasteiger partial charge in [-0.05, 0) is 74.6 Å². The molecule has 72 heavy (non-hydrogen) atoms. The molecule has 0 spiro atoms. The summed E-state index contributed by atoms with van der Waals surface area (Å²) in [4.78, 5) is 54.6. The number of amides is 2. The van der Waals surface area contributed by atoms with E-state index in [1.807, 2.05) is 77.8 Å². The van der Waals surface area contributed by atoms with Crippen molar-refractivity contribution in [2.75, 3.05) is 45.2 Å². The molecule has 24 heteroatoms. The lowest BCUT2D eigenvalue weighted by atomic mass is 9.99. The largest absolute Gasteiger partial charge is 0.433 e. The molecule has 0 bridgehead atoms. The molecular formula is C48H54F6N16O2. The highest BCUT2D eigenvalue weighted by molar-refractivity contribution is 6.04. The Labute approximate surface area is 410 Å². The molecule has 0 saturated carbocycles. The monoisotopic (exact) mass is 1000 g/mol. The molecule has 2 amide bonds. The summed E-state index contributed by atoms with van der Waals surface area (Å²) in [5, 5.41) is 22.0. The molecule has 4 aliphatic rings. The molecule has 0 saturated heterocycles. The molecule has 8 heterocycles. The number of rotatable bonds is 10. The number of fused-ring (bicyclic) bond motifs is 4. The van der Waals surface area contributed by atoms with Gasteiger partial charge in [0.05, 0.1) is 47.9 Å². The Morgan fingerprint density at radius 1 is 0.625 bits per heavy atom. The number of carbonyl (C=O) groups is 2. The first-order valence-corrected chi connectivity index (χ1v) is 23.6. The van der Waals surface area contributed by atoms with Crippen molar-refractivity contribution in [2.24, 2.45) is 11.8 Å². The summed E-state index contributed by atoms with van der Waals surface area (Å²) in [6.45, 7) is 12.3. The minimum Gasteiger partial charge on any atom is -0.347 e. The quantitative estimate of drug-likeness (QED) is 0.0965. The van der Waals surface area contributed by atoms with Crippen LogP contribution >= 0.6 is 0 Å². The van der Waals surface area contributed by atoms with Crippen LogP contribution in [0, 0.1) is 25.7 Å². The van der Waals surface area contributed by atoms with Crippen molar-refractivity contribution >= 4 is 46.7 Å². The van der Waals surface area contributed by atoms with E-state index >= 15 is 0 Å². The van der Waals surface area contributed by atoms with Gasteiger partial charge in [0.1, 0.15) is 34.8 Å². The topological polar surface area (TPSA) is 202 Å². The lowest BCUT2D eigenvalue weighted by molar-refractivity contribution is -0.142. The third-order valence-corrected chi connectivity index (χ3v) is 13.3. The van der Waals surface area contributed by atoms with Crippen molar-refractivity contribution in [3.8, 4) is 0 Å². The predicted octanol–water partition coefficient (Wildman–Crippen LogP) is 7.91. The fourth-order valence-corrected chi connectivity index (χ4v) is 9.87. The number of aromatic nitrogens is 10. The van der Waals surface area contributed by atoms with Crippen molar-refractivity contribution in [1.29, 1.82) is 0 Å². The Hall–Kier alpha value is -7.40. The zero-order chi connectivity index (χ0) is 51.6. The maximum Gasteiger partial charge on any atom is 0.433 e. The van der Waals surface area contributed by atoms with Crippen molar-refractivity contribution in [1.82, 2.24) is 49.5 Å². The Kier molecular flexibility index (Phi) is 13.1. The van der Waals surface area contributed by atoms with Gasteiger partial charge in [-0.3, -0.25) is 28.9 Å². The lowest BCUT2D eigenvalue weighted by Crippen LogP contribution is -2.49. The van der Waals surface area contributed by atoms with Crippen LogP contribution in [0.2, 0.25) is 0 Å². The van der Waals surface area contributed by atoms with E-state index in [1.54, 1.807) is 9.36 Å². The van der Waals surface area contributed by atoms with Gasteiger partial charge < -0.3 is 31.1 Å². The molecule has 6 aromatic rings. The standard InChI is InChI=1S/2C24H27F3N8O/c2*1-12(2)20-22(36)31-19-13(3)29-23(32-21(19)34(20)4)30-16-6-7-17-15(16)11-35(33-17)10-14-5-8-18(28-9-14)24(25,26)27/h2*5,8-9,11-12,16,20H,6-7,10H2,1-4H3,(H,31,36)(H,29,30,32)/t16-,20+;16-,20-/m10/s1. The molecule has 4 atom stereocenters. The number of hydrogen-bond donors (Lipinski definition) is 4. The molecule has 6 aromatic heterocycles. The Morgan fingerprint density at radius 3 is 1.35 bits per heavy atom. The van der Waals surface area contributed by atoms with Crippen LogP contribution in [0.15, 0.2) is 49.1 Å². The molecule has 0 unspecified atom stereocenters. The SMILES string of the molecule is Cc1nc(N[C@@H]2CCc3nn(Cc4ccc(C(F)(F)F)nc4)cc32)nc2c1NC(=O)[C@H](C(C)C)N2C.Cc1nc(N[C@H]2CCc3nn(Cc4ccc(C(F)(F)F)nc4)cc32)nc2c1NC(=O)[C@H](C(C)C)N2C. The molecule has 2 aliphatic carbocycles. The molecular weight excluding hydrogens is 947 g/mol.